The number of hydrogen-bond donors (Lipinski definition) is 1. The van der Waals surface area contributed by atoms with Gasteiger partial charge in [0, 0.05) is 25.6 Å². The molecule has 1 aliphatic carbocycles. The molecular formula is C24H31F4N3O4S. The predicted octanol–water partition coefficient (Wildman–Crippen LogP) is 4.41. The van der Waals surface area contributed by atoms with Gasteiger partial charge in [-0.2, -0.15) is 17.6 Å². The predicted molar refractivity (Wildman–Crippen MR) is 127 cm³/mol. The third-order valence-corrected chi connectivity index (χ3v) is 8.24. The highest BCUT2D eigenvalue weighted by Crippen LogP contribution is 2.31. The minimum atomic E-state index is -4.30. The minimum absolute atomic E-state index is 0.0899. The van der Waals surface area contributed by atoms with E-state index in [1.54, 1.807) is 6.92 Å². The second kappa shape index (κ2) is 11.2. The Morgan fingerprint density at radius 1 is 1.22 bits per heavy atom. The van der Waals surface area contributed by atoms with Crippen LogP contribution in [0.3, 0.4) is 0 Å². The molecule has 1 saturated carbocycles. The molecule has 1 aromatic carbocycles. The monoisotopic (exact) mass is 533 g/mol. The lowest BCUT2D eigenvalue weighted by molar-refractivity contribution is -0.134. The fourth-order valence-corrected chi connectivity index (χ4v) is 5.63. The van der Waals surface area contributed by atoms with Gasteiger partial charge in [-0.05, 0) is 55.7 Å². The lowest BCUT2D eigenvalue weighted by Gasteiger charge is -2.27. The highest BCUT2D eigenvalue weighted by Gasteiger charge is 2.30. The van der Waals surface area contributed by atoms with Crippen LogP contribution in [0.5, 0.6) is 5.75 Å². The molecule has 1 aromatic heterocycles. The van der Waals surface area contributed by atoms with E-state index in [0.717, 1.165) is 4.57 Å². The summed E-state index contributed by atoms with van der Waals surface area (Å²) < 4.78 is 83.1. The van der Waals surface area contributed by atoms with E-state index in [0.29, 0.717) is 37.7 Å². The Balaban J connectivity index is 1.76. The Morgan fingerprint density at radius 2 is 1.89 bits per heavy atom. The van der Waals surface area contributed by atoms with E-state index in [2.05, 4.69) is 10.3 Å². The number of rotatable bonds is 9. The maximum Gasteiger partial charge on any atom is 0.389 e. The van der Waals surface area contributed by atoms with Crippen molar-refractivity contribution in [2.75, 3.05) is 19.9 Å². The van der Waals surface area contributed by atoms with Crippen LogP contribution in [0.4, 0.5) is 17.6 Å². The Labute approximate surface area is 208 Å². The average molecular weight is 534 g/mol. The van der Waals surface area contributed by atoms with Crippen molar-refractivity contribution in [1.29, 1.82) is 0 Å². The number of aryl methyl sites for hydroxylation is 2. The van der Waals surface area contributed by atoms with E-state index in [9.17, 15) is 26.4 Å². The lowest BCUT2D eigenvalue weighted by atomic mass is 9.89. The highest BCUT2D eigenvalue weighted by molar-refractivity contribution is 7.91. The smallest absolute Gasteiger partial charge is 0.389 e. The van der Waals surface area contributed by atoms with E-state index >= 15 is 4.39 Å². The number of nitrogens with zero attached hydrogens (tertiary/aromatic N) is 2. The van der Waals surface area contributed by atoms with Gasteiger partial charge in [0.25, 0.3) is 5.91 Å². The van der Waals surface area contributed by atoms with Crippen molar-refractivity contribution in [3.63, 3.8) is 0 Å². The van der Waals surface area contributed by atoms with E-state index in [-0.39, 0.29) is 47.1 Å². The molecule has 1 N–H and O–H groups in total. The average Bonchev–Trinajstić information content (AvgIpc) is 3.16. The van der Waals surface area contributed by atoms with E-state index in [4.69, 9.17) is 4.74 Å². The normalized spacial score (nSPS) is 18.8. The van der Waals surface area contributed by atoms with Crippen LogP contribution in [0.25, 0.3) is 5.69 Å². The van der Waals surface area contributed by atoms with Crippen LogP contribution in [0.1, 0.15) is 60.9 Å². The SMILES string of the molecule is CCc1nc(C(=O)NCC2CCC(S(C)(=O)=O)CC2)c(F)n1-c1ccc(CCC(F)(F)F)cc1OC. The first-order valence-electron chi connectivity index (χ1n) is 11.8. The molecule has 0 aliphatic heterocycles. The number of nitrogens with one attached hydrogen (secondary N) is 1. The molecule has 200 valence electrons. The van der Waals surface area contributed by atoms with Crippen LogP contribution in [0.15, 0.2) is 18.2 Å². The Kier molecular flexibility index (Phi) is 8.68. The fraction of sp³-hybridized carbons (Fsp3) is 0.583. The first-order chi connectivity index (χ1) is 16.8. The second-order valence-electron chi connectivity index (χ2n) is 9.16. The molecule has 36 heavy (non-hydrogen) atoms. The van der Waals surface area contributed by atoms with Gasteiger partial charge in [0.15, 0.2) is 5.69 Å². The van der Waals surface area contributed by atoms with Gasteiger partial charge < -0.3 is 10.1 Å². The van der Waals surface area contributed by atoms with E-state index in [1.165, 1.54) is 31.6 Å². The molecule has 1 heterocycles. The van der Waals surface area contributed by atoms with E-state index < -0.39 is 34.3 Å². The number of alkyl halides is 3. The highest BCUT2D eigenvalue weighted by atomic mass is 32.2. The molecular weight excluding hydrogens is 502 g/mol. The number of benzene rings is 1. The summed E-state index contributed by atoms with van der Waals surface area (Å²) in [5.74, 6) is -1.08. The molecule has 0 radical (unpaired) electrons. The Bertz CT molecular complexity index is 1190. The van der Waals surface area contributed by atoms with Gasteiger partial charge in [0.05, 0.1) is 18.0 Å². The molecule has 0 unspecified atom stereocenters. The van der Waals surface area contributed by atoms with E-state index in [1.807, 2.05) is 0 Å². The standard InChI is InChI=1S/C24H31F4N3O4S/c1-4-20-30-21(23(32)29-14-16-5-8-17(9-6-16)36(3,33)34)22(25)31(20)18-10-7-15(13-19(18)35-2)11-12-24(26,27)28/h7,10,13,16-17H,4-6,8-9,11-12,14H2,1-3H3,(H,29,32). The number of imidazole rings is 1. The number of halogens is 4. The summed E-state index contributed by atoms with van der Waals surface area (Å²) in [5.41, 5.74) is 0.225. The van der Waals surface area contributed by atoms with Gasteiger partial charge in [-0.1, -0.05) is 13.0 Å². The molecule has 2 aromatic rings. The second-order valence-corrected chi connectivity index (χ2v) is 11.5. The molecule has 0 atom stereocenters. The third-order valence-electron chi connectivity index (χ3n) is 6.55. The largest absolute Gasteiger partial charge is 0.495 e. The van der Waals surface area contributed by atoms with Crippen LogP contribution in [0.2, 0.25) is 0 Å². The van der Waals surface area contributed by atoms with Crippen LogP contribution in [0, 0.1) is 11.9 Å². The first-order valence-corrected chi connectivity index (χ1v) is 13.8. The summed E-state index contributed by atoms with van der Waals surface area (Å²) in [6.45, 7) is 2.02. The van der Waals surface area contributed by atoms with Crippen LogP contribution in [-0.4, -0.2) is 55.2 Å². The third kappa shape index (κ3) is 6.77. The zero-order valence-electron chi connectivity index (χ0n) is 20.5. The lowest BCUT2D eigenvalue weighted by Crippen LogP contribution is -2.34. The van der Waals surface area contributed by atoms with Crippen molar-refractivity contribution in [3.05, 3.63) is 41.2 Å². The number of amides is 1. The summed E-state index contributed by atoms with van der Waals surface area (Å²) >= 11 is 0. The maximum absolute atomic E-state index is 15.5. The number of methoxy groups -OCH3 is 1. The number of ether oxygens (including phenoxy) is 1. The zero-order chi connectivity index (χ0) is 26.7. The van der Waals surface area contributed by atoms with Crippen molar-refractivity contribution < 1.29 is 35.5 Å². The van der Waals surface area contributed by atoms with Gasteiger partial charge in [-0.15, -0.1) is 0 Å². The molecule has 12 heteroatoms. The van der Waals surface area contributed by atoms with Crippen LogP contribution >= 0.6 is 0 Å². The number of carbonyl (C=O) groups excluding carboxylic acids is 1. The van der Waals surface area contributed by atoms with Gasteiger partial charge in [0.1, 0.15) is 21.4 Å². The molecule has 1 aliphatic rings. The van der Waals surface area contributed by atoms with Crippen molar-refractivity contribution in [3.8, 4) is 11.4 Å². The van der Waals surface area contributed by atoms with Crippen LogP contribution < -0.4 is 10.1 Å². The van der Waals surface area contributed by atoms with Gasteiger partial charge >= 0.3 is 6.18 Å². The molecule has 1 amide bonds. The number of carbonyl (C=O) groups is 1. The number of hydrogen-bond acceptors (Lipinski definition) is 5. The summed E-state index contributed by atoms with van der Waals surface area (Å²) in [6, 6.07) is 4.35. The Morgan fingerprint density at radius 3 is 2.44 bits per heavy atom. The maximum atomic E-state index is 15.5. The summed E-state index contributed by atoms with van der Waals surface area (Å²) in [4.78, 5) is 16.9. The van der Waals surface area contributed by atoms with Gasteiger partial charge in [0.2, 0.25) is 5.95 Å². The number of aromatic nitrogens is 2. The van der Waals surface area contributed by atoms with Gasteiger partial charge in [-0.3, -0.25) is 9.36 Å². The minimum Gasteiger partial charge on any atom is -0.495 e. The van der Waals surface area contributed by atoms with Crippen molar-refractivity contribution >= 4 is 15.7 Å². The summed E-state index contributed by atoms with van der Waals surface area (Å²) in [5, 5.41) is 2.34. The Hall–Kier alpha value is -2.63. The molecule has 7 nitrogen and oxygen atoms in total. The molecule has 0 saturated heterocycles. The summed E-state index contributed by atoms with van der Waals surface area (Å²) in [6.07, 6.45) is -1.66. The van der Waals surface area contributed by atoms with Gasteiger partial charge in [-0.25, -0.2) is 13.4 Å². The first kappa shape index (κ1) is 27.9. The summed E-state index contributed by atoms with van der Waals surface area (Å²) in [7, 11) is -1.76. The van der Waals surface area contributed by atoms with Crippen molar-refractivity contribution in [2.24, 2.45) is 5.92 Å². The topological polar surface area (TPSA) is 90.3 Å². The molecule has 1 fully saturated rings. The molecule has 0 bridgehead atoms. The van der Waals surface area contributed by atoms with Crippen molar-refractivity contribution in [2.45, 2.75) is 63.3 Å². The van der Waals surface area contributed by atoms with Crippen LogP contribution in [-0.2, 0) is 22.7 Å². The van der Waals surface area contributed by atoms with Crippen molar-refractivity contribution in [1.82, 2.24) is 14.9 Å². The quantitative estimate of drug-likeness (QED) is 0.483. The molecule has 3 rings (SSSR count). The number of sulfone groups is 1. The fourth-order valence-electron chi connectivity index (χ4n) is 4.50. The molecule has 0 spiro atoms. The zero-order valence-corrected chi connectivity index (χ0v) is 21.3.